The Hall–Kier alpha value is -3.97. The van der Waals surface area contributed by atoms with Crippen LogP contribution in [0, 0.1) is 11.6 Å². The molecule has 0 saturated carbocycles. The molecule has 1 atom stereocenters. The molecular formula is C29H22F2N2O2S. The number of nitrogens with zero attached hydrogens (tertiary/aromatic N) is 1. The van der Waals surface area contributed by atoms with Crippen molar-refractivity contribution in [2.24, 2.45) is 0 Å². The molecule has 1 saturated heterocycles. The molecule has 0 spiro atoms. The molecule has 1 aliphatic rings. The summed E-state index contributed by atoms with van der Waals surface area (Å²) in [6, 6.07) is 29.4. The van der Waals surface area contributed by atoms with E-state index in [2.05, 4.69) is 5.32 Å². The summed E-state index contributed by atoms with van der Waals surface area (Å²) in [6.07, 6.45) is 0. The smallest absolute Gasteiger partial charge is 0.238 e. The molecule has 36 heavy (non-hydrogen) atoms. The number of anilines is 2. The summed E-state index contributed by atoms with van der Waals surface area (Å²) in [6.45, 7) is 0. The van der Waals surface area contributed by atoms with Crippen LogP contribution in [0.2, 0.25) is 0 Å². The fraction of sp³-hybridized carbons (Fsp3) is 0.103. The molecule has 5 rings (SSSR count). The van der Waals surface area contributed by atoms with Crippen LogP contribution in [0.3, 0.4) is 0 Å². The number of carbonyl (C=O) groups is 2. The molecule has 2 amide bonds. The Labute approximate surface area is 212 Å². The van der Waals surface area contributed by atoms with Gasteiger partial charge in [0.1, 0.15) is 17.0 Å². The third-order valence-corrected chi connectivity index (χ3v) is 7.22. The van der Waals surface area contributed by atoms with Gasteiger partial charge in [0.15, 0.2) is 0 Å². The standard InChI is InChI=1S/C29H22F2N2O2S/c30-22-14-15-25(24(31)17-22)33-26(34)18-36-29(33)21-12-7-13-23(16-21)32-28(35)27(19-8-3-1-4-9-19)20-10-5-2-6-11-20/h1-17,27,29H,18H2,(H,32,35). The van der Waals surface area contributed by atoms with Crippen LogP contribution in [0.1, 0.15) is 28.0 Å². The van der Waals surface area contributed by atoms with Gasteiger partial charge in [-0.15, -0.1) is 11.8 Å². The van der Waals surface area contributed by atoms with Crippen molar-refractivity contribution in [3.8, 4) is 0 Å². The van der Waals surface area contributed by atoms with E-state index in [9.17, 15) is 18.4 Å². The zero-order chi connectivity index (χ0) is 25.1. The Morgan fingerprint density at radius 1 is 0.861 bits per heavy atom. The molecule has 0 radical (unpaired) electrons. The van der Waals surface area contributed by atoms with Gasteiger partial charge in [-0.2, -0.15) is 0 Å². The van der Waals surface area contributed by atoms with Gasteiger partial charge in [0.05, 0.1) is 17.4 Å². The first-order valence-corrected chi connectivity index (χ1v) is 12.5. The Balaban J connectivity index is 1.43. The lowest BCUT2D eigenvalue weighted by Crippen LogP contribution is -2.29. The van der Waals surface area contributed by atoms with Crippen molar-refractivity contribution in [1.29, 1.82) is 0 Å². The van der Waals surface area contributed by atoms with E-state index in [1.165, 1.54) is 22.7 Å². The summed E-state index contributed by atoms with van der Waals surface area (Å²) in [5, 5.41) is 2.51. The third kappa shape index (κ3) is 4.88. The van der Waals surface area contributed by atoms with E-state index in [1.54, 1.807) is 18.2 Å². The fourth-order valence-electron chi connectivity index (χ4n) is 4.38. The number of carbonyl (C=O) groups excluding carboxylic acids is 2. The fourth-order valence-corrected chi connectivity index (χ4v) is 5.54. The summed E-state index contributed by atoms with van der Waals surface area (Å²) in [4.78, 5) is 27.5. The van der Waals surface area contributed by atoms with Crippen LogP contribution in [0.25, 0.3) is 0 Å². The van der Waals surface area contributed by atoms with E-state index in [4.69, 9.17) is 0 Å². The molecule has 180 valence electrons. The molecule has 0 bridgehead atoms. The minimum Gasteiger partial charge on any atom is -0.325 e. The average molecular weight is 501 g/mol. The van der Waals surface area contributed by atoms with Gasteiger partial charge in [-0.05, 0) is 41.0 Å². The van der Waals surface area contributed by atoms with Gasteiger partial charge in [0, 0.05) is 11.8 Å². The molecule has 7 heteroatoms. The Morgan fingerprint density at radius 2 is 1.53 bits per heavy atom. The third-order valence-electron chi connectivity index (χ3n) is 6.00. The highest BCUT2D eigenvalue weighted by Gasteiger charge is 2.36. The first kappa shape index (κ1) is 23.8. The lowest BCUT2D eigenvalue weighted by Gasteiger charge is -2.25. The molecule has 1 unspecified atom stereocenters. The second kappa shape index (κ2) is 10.3. The SMILES string of the molecule is O=C(Nc1cccc(C2SCC(=O)N2c2ccc(F)cc2F)c1)C(c1ccccc1)c1ccccc1. The van der Waals surface area contributed by atoms with Gasteiger partial charge < -0.3 is 5.32 Å². The maximum atomic E-state index is 14.5. The lowest BCUT2D eigenvalue weighted by molar-refractivity contribution is -0.117. The predicted octanol–water partition coefficient (Wildman–Crippen LogP) is 6.51. The van der Waals surface area contributed by atoms with Crippen molar-refractivity contribution in [2.75, 3.05) is 16.0 Å². The molecule has 1 aliphatic heterocycles. The second-order valence-corrected chi connectivity index (χ2v) is 9.46. The van der Waals surface area contributed by atoms with Crippen LogP contribution in [-0.2, 0) is 9.59 Å². The summed E-state index contributed by atoms with van der Waals surface area (Å²) in [7, 11) is 0. The van der Waals surface area contributed by atoms with Crippen molar-refractivity contribution < 1.29 is 18.4 Å². The number of thioether (sulfide) groups is 1. The van der Waals surface area contributed by atoms with Gasteiger partial charge in [-0.1, -0.05) is 72.8 Å². The second-order valence-electron chi connectivity index (χ2n) is 8.39. The molecule has 0 aromatic heterocycles. The maximum Gasteiger partial charge on any atom is 0.238 e. The van der Waals surface area contributed by atoms with Crippen LogP contribution in [0.5, 0.6) is 0 Å². The van der Waals surface area contributed by atoms with E-state index in [1.807, 2.05) is 66.7 Å². The summed E-state index contributed by atoms with van der Waals surface area (Å²) >= 11 is 1.35. The predicted molar refractivity (Wildman–Crippen MR) is 139 cm³/mol. The van der Waals surface area contributed by atoms with Crippen LogP contribution in [-0.4, -0.2) is 17.6 Å². The molecule has 1 N–H and O–H groups in total. The number of hydrogen-bond donors (Lipinski definition) is 1. The number of hydrogen-bond acceptors (Lipinski definition) is 3. The van der Waals surface area contributed by atoms with E-state index < -0.39 is 22.9 Å². The largest absolute Gasteiger partial charge is 0.325 e. The van der Waals surface area contributed by atoms with Crippen LogP contribution < -0.4 is 10.2 Å². The first-order chi connectivity index (χ1) is 17.5. The first-order valence-electron chi connectivity index (χ1n) is 11.4. The highest BCUT2D eigenvalue weighted by atomic mass is 32.2. The van der Waals surface area contributed by atoms with Crippen LogP contribution in [0.4, 0.5) is 20.2 Å². The van der Waals surface area contributed by atoms with Crippen molar-refractivity contribution in [2.45, 2.75) is 11.3 Å². The van der Waals surface area contributed by atoms with Crippen LogP contribution >= 0.6 is 11.8 Å². The Bertz CT molecular complexity index is 1360. The Morgan fingerprint density at radius 3 is 2.17 bits per heavy atom. The van der Waals surface area contributed by atoms with Crippen LogP contribution in [0.15, 0.2) is 103 Å². The summed E-state index contributed by atoms with van der Waals surface area (Å²) in [5.41, 5.74) is 3.05. The number of nitrogens with one attached hydrogen (secondary N) is 1. The zero-order valence-corrected chi connectivity index (χ0v) is 19.9. The van der Waals surface area contributed by atoms with E-state index in [-0.39, 0.29) is 23.3 Å². The van der Waals surface area contributed by atoms with E-state index >= 15 is 0 Å². The van der Waals surface area contributed by atoms with Gasteiger partial charge in [0.2, 0.25) is 11.8 Å². The van der Waals surface area contributed by atoms with Crippen molar-refractivity contribution in [3.05, 3.63) is 131 Å². The van der Waals surface area contributed by atoms with Crippen molar-refractivity contribution in [3.63, 3.8) is 0 Å². The number of halogens is 2. The number of rotatable bonds is 6. The summed E-state index contributed by atoms with van der Waals surface area (Å²) in [5.74, 6) is -2.30. The normalized spacial score (nSPS) is 15.4. The average Bonchev–Trinajstić information content (AvgIpc) is 3.27. The van der Waals surface area contributed by atoms with Gasteiger partial charge in [-0.25, -0.2) is 8.78 Å². The molecule has 0 aliphatic carbocycles. The van der Waals surface area contributed by atoms with Crippen molar-refractivity contribution >= 4 is 35.0 Å². The highest BCUT2D eigenvalue weighted by molar-refractivity contribution is 8.00. The van der Waals surface area contributed by atoms with Gasteiger partial charge in [-0.3, -0.25) is 14.5 Å². The number of benzene rings is 4. The minimum atomic E-state index is -0.797. The van der Waals surface area contributed by atoms with E-state index in [0.717, 1.165) is 28.8 Å². The molecule has 4 nitrogen and oxygen atoms in total. The minimum absolute atomic E-state index is 0.0269. The van der Waals surface area contributed by atoms with Crippen molar-refractivity contribution in [1.82, 2.24) is 0 Å². The quantitative estimate of drug-likeness (QED) is 0.328. The summed E-state index contributed by atoms with van der Waals surface area (Å²) < 4.78 is 28.0. The topological polar surface area (TPSA) is 49.4 Å². The zero-order valence-electron chi connectivity index (χ0n) is 19.1. The molecule has 4 aromatic carbocycles. The Kier molecular flexibility index (Phi) is 6.82. The molecule has 4 aromatic rings. The molecule has 1 heterocycles. The highest BCUT2D eigenvalue weighted by Crippen LogP contribution is 2.43. The number of amides is 2. The van der Waals surface area contributed by atoms with Gasteiger partial charge >= 0.3 is 0 Å². The van der Waals surface area contributed by atoms with Gasteiger partial charge in [0.25, 0.3) is 0 Å². The lowest BCUT2D eigenvalue weighted by atomic mass is 9.90. The maximum absolute atomic E-state index is 14.5. The monoisotopic (exact) mass is 500 g/mol. The molecule has 1 fully saturated rings. The molecular weight excluding hydrogens is 478 g/mol. The van der Waals surface area contributed by atoms with E-state index in [0.29, 0.717) is 5.69 Å².